The molecule has 1 aliphatic rings. The Morgan fingerprint density at radius 3 is 2.92 bits per heavy atom. The zero-order valence-electron chi connectivity index (χ0n) is 8.12. The molecule has 3 heteroatoms. The van der Waals surface area contributed by atoms with Gasteiger partial charge in [-0.3, -0.25) is 5.01 Å². The minimum atomic E-state index is 0.778. The van der Waals surface area contributed by atoms with Crippen LogP contribution >= 0.6 is 0 Å². The summed E-state index contributed by atoms with van der Waals surface area (Å²) in [5, 5.41) is 6.20. The van der Waals surface area contributed by atoms with Crippen molar-refractivity contribution in [3.63, 3.8) is 0 Å². The molecule has 1 rings (SSSR count). The molecule has 0 bridgehead atoms. The van der Waals surface area contributed by atoms with Gasteiger partial charge in [0.15, 0.2) is 0 Å². The highest BCUT2D eigenvalue weighted by atomic mass is 16.5. The molecule has 3 nitrogen and oxygen atoms in total. The first-order valence-electron chi connectivity index (χ1n) is 4.77. The lowest BCUT2D eigenvalue weighted by Gasteiger charge is -2.22. The van der Waals surface area contributed by atoms with Crippen LogP contribution in [0.4, 0.5) is 0 Å². The third-order valence-corrected chi connectivity index (χ3v) is 1.75. The van der Waals surface area contributed by atoms with Crippen LogP contribution in [0.5, 0.6) is 0 Å². The molecular weight excluding hydrogens is 164 g/mol. The summed E-state index contributed by atoms with van der Waals surface area (Å²) in [5.74, 6) is 5.93. The summed E-state index contributed by atoms with van der Waals surface area (Å²) in [4.78, 5) is 0. The Morgan fingerprint density at radius 1 is 1.46 bits per heavy atom. The first kappa shape index (κ1) is 10.1. The van der Waals surface area contributed by atoms with Crippen LogP contribution in [0, 0.1) is 11.8 Å². The van der Waals surface area contributed by atoms with Gasteiger partial charge >= 0.3 is 0 Å². The van der Waals surface area contributed by atoms with Crippen LogP contribution < -0.4 is 0 Å². The van der Waals surface area contributed by atoms with Crippen LogP contribution in [-0.4, -0.2) is 37.5 Å². The van der Waals surface area contributed by atoms with E-state index in [-0.39, 0.29) is 0 Å². The molecule has 0 aliphatic carbocycles. The maximum atomic E-state index is 5.19. The SMILES string of the molecule is CCCC#C/C=N\N1CCOCC1. The van der Waals surface area contributed by atoms with Crippen molar-refractivity contribution >= 4 is 6.21 Å². The molecule has 1 aliphatic heterocycles. The number of hydrogen-bond donors (Lipinski definition) is 0. The monoisotopic (exact) mass is 180 g/mol. The topological polar surface area (TPSA) is 24.8 Å². The predicted octanol–water partition coefficient (Wildman–Crippen LogP) is 1.11. The van der Waals surface area contributed by atoms with E-state index in [1.165, 1.54) is 0 Å². The third-order valence-electron chi connectivity index (χ3n) is 1.75. The Labute approximate surface area is 79.8 Å². The standard InChI is InChI=1S/C10H16N2O/c1-2-3-4-5-6-11-12-7-9-13-10-8-12/h6H,2-3,7-10H2,1H3/b11-6-. The molecule has 0 aromatic carbocycles. The van der Waals surface area contributed by atoms with Crippen molar-refractivity contribution in [3.8, 4) is 11.8 Å². The van der Waals surface area contributed by atoms with Gasteiger partial charge in [0.05, 0.1) is 32.5 Å². The zero-order valence-corrected chi connectivity index (χ0v) is 8.12. The molecule has 0 N–H and O–H groups in total. The van der Waals surface area contributed by atoms with E-state index in [0.717, 1.165) is 39.1 Å². The van der Waals surface area contributed by atoms with Gasteiger partial charge in [-0.2, -0.15) is 5.10 Å². The van der Waals surface area contributed by atoms with Crippen molar-refractivity contribution in [3.05, 3.63) is 0 Å². The largest absolute Gasteiger partial charge is 0.378 e. The summed E-state index contributed by atoms with van der Waals surface area (Å²) in [6.45, 7) is 5.44. The average Bonchev–Trinajstić information content (AvgIpc) is 2.19. The molecule has 0 saturated carbocycles. The molecule has 0 aromatic heterocycles. The van der Waals surface area contributed by atoms with E-state index in [9.17, 15) is 0 Å². The molecule has 13 heavy (non-hydrogen) atoms. The Kier molecular flexibility index (Phi) is 5.04. The van der Waals surface area contributed by atoms with E-state index in [2.05, 4.69) is 23.9 Å². The first-order chi connectivity index (χ1) is 6.43. The number of ether oxygens (including phenoxy) is 1. The Balaban J connectivity index is 2.19. The second-order valence-corrected chi connectivity index (χ2v) is 2.88. The fourth-order valence-corrected chi connectivity index (χ4v) is 1.02. The van der Waals surface area contributed by atoms with Crippen molar-refractivity contribution in [2.45, 2.75) is 19.8 Å². The van der Waals surface area contributed by atoms with Gasteiger partial charge in [-0.1, -0.05) is 18.8 Å². The molecule has 0 aromatic rings. The molecule has 72 valence electrons. The lowest BCUT2D eigenvalue weighted by Crippen LogP contribution is -2.32. The summed E-state index contributed by atoms with van der Waals surface area (Å²) in [5.41, 5.74) is 0. The number of nitrogens with zero attached hydrogens (tertiary/aromatic N) is 2. The predicted molar refractivity (Wildman–Crippen MR) is 53.6 cm³/mol. The molecule has 1 saturated heterocycles. The van der Waals surface area contributed by atoms with Crippen molar-refractivity contribution in [2.24, 2.45) is 5.10 Å². The summed E-state index contributed by atoms with van der Waals surface area (Å²) in [6, 6.07) is 0. The maximum absolute atomic E-state index is 5.19. The summed E-state index contributed by atoms with van der Waals surface area (Å²) >= 11 is 0. The van der Waals surface area contributed by atoms with Crippen molar-refractivity contribution in [1.29, 1.82) is 0 Å². The summed E-state index contributed by atoms with van der Waals surface area (Å²) < 4.78 is 5.19. The minimum Gasteiger partial charge on any atom is -0.378 e. The zero-order chi connectivity index (χ0) is 9.36. The molecule has 0 spiro atoms. The van der Waals surface area contributed by atoms with Gasteiger partial charge in [0, 0.05) is 6.42 Å². The van der Waals surface area contributed by atoms with E-state index < -0.39 is 0 Å². The number of hydrogen-bond acceptors (Lipinski definition) is 3. The highest BCUT2D eigenvalue weighted by Gasteiger charge is 2.05. The van der Waals surface area contributed by atoms with E-state index in [1.807, 2.05) is 5.01 Å². The quantitative estimate of drug-likeness (QED) is 0.469. The first-order valence-corrected chi connectivity index (χ1v) is 4.77. The molecule has 1 fully saturated rings. The summed E-state index contributed by atoms with van der Waals surface area (Å²) in [7, 11) is 0. The molecule has 0 amide bonds. The van der Waals surface area contributed by atoms with E-state index >= 15 is 0 Å². The fraction of sp³-hybridized carbons (Fsp3) is 0.700. The van der Waals surface area contributed by atoms with Gasteiger partial charge in [0.1, 0.15) is 0 Å². The summed E-state index contributed by atoms with van der Waals surface area (Å²) in [6.07, 6.45) is 3.74. The normalized spacial score (nSPS) is 17.2. The number of unbranched alkanes of at least 4 members (excludes halogenated alkanes) is 1. The van der Waals surface area contributed by atoms with Gasteiger partial charge in [-0.15, -0.1) is 0 Å². The third kappa shape index (κ3) is 4.54. The fourth-order valence-electron chi connectivity index (χ4n) is 1.02. The Bertz CT molecular complexity index is 209. The lowest BCUT2D eigenvalue weighted by molar-refractivity contribution is 0.0397. The number of morpholine rings is 1. The van der Waals surface area contributed by atoms with Gasteiger partial charge in [0.2, 0.25) is 0 Å². The van der Waals surface area contributed by atoms with Crippen molar-refractivity contribution < 1.29 is 4.74 Å². The second-order valence-electron chi connectivity index (χ2n) is 2.88. The van der Waals surface area contributed by atoms with Crippen LogP contribution in [-0.2, 0) is 4.74 Å². The molecule has 0 unspecified atom stereocenters. The van der Waals surface area contributed by atoms with E-state index in [0.29, 0.717) is 0 Å². The van der Waals surface area contributed by atoms with Crippen LogP contribution in [0.25, 0.3) is 0 Å². The maximum Gasteiger partial charge on any atom is 0.0968 e. The lowest BCUT2D eigenvalue weighted by atomic mass is 10.3. The van der Waals surface area contributed by atoms with Gasteiger partial charge in [-0.05, 0) is 6.42 Å². The van der Waals surface area contributed by atoms with E-state index in [4.69, 9.17) is 4.74 Å². The molecule has 1 heterocycles. The smallest absolute Gasteiger partial charge is 0.0968 e. The highest BCUT2D eigenvalue weighted by molar-refractivity contribution is 5.77. The van der Waals surface area contributed by atoms with Crippen LogP contribution in [0.1, 0.15) is 19.8 Å². The van der Waals surface area contributed by atoms with Gasteiger partial charge in [0.25, 0.3) is 0 Å². The van der Waals surface area contributed by atoms with Crippen LogP contribution in [0.15, 0.2) is 5.10 Å². The Morgan fingerprint density at radius 2 is 2.23 bits per heavy atom. The van der Waals surface area contributed by atoms with Gasteiger partial charge in [-0.25, -0.2) is 0 Å². The minimum absolute atomic E-state index is 0.778. The van der Waals surface area contributed by atoms with Crippen molar-refractivity contribution in [2.75, 3.05) is 26.3 Å². The Hall–Kier alpha value is -1.01. The van der Waals surface area contributed by atoms with Gasteiger partial charge < -0.3 is 4.74 Å². The van der Waals surface area contributed by atoms with Crippen LogP contribution in [0.3, 0.4) is 0 Å². The van der Waals surface area contributed by atoms with Crippen molar-refractivity contribution in [1.82, 2.24) is 5.01 Å². The second kappa shape index (κ2) is 6.50. The van der Waals surface area contributed by atoms with E-state index in [1.54, 1.807) is 6.21 Å². The highest BCUT2D eigenvalue weighted by Crippen LogP contribution is 1.95. The molecule has 0 atom stereocenters. The molecular formula is C10H16N2O. The number of hydrazone groups is 1. The molecule has 0 radical (unpaired) electrons. The van der Waals surface area contributed by atoms with Crippen LogP contribution in [0.2, 0.25) is 0 Å². The number of rotatable bonds is 2. The average molecular weight is 180 g/mol.